The van der Waals surface area contributed by atoms with Gasteiger partial charge in [0.1, 0.15) is 6.10 Å². The first-order valence-corrected chi connectivity index (χ1v) is 5.69. The van der Waals surface area contributed by atoms with Crippen molar-refractivity contribution in [1.82, 2.24) is 10.3 Å². The third-order valence-corrected chi connectivity index (χ3v) is 2.66. The lowest BCUT2D eigenvalue weighted by Crippen LogP contribution is -2.40. The number of benzene rings is 1. The van der Waals surface area contributed by atoms with Gasteiger partial charge in [0.25, 0.3) is 5.91 Å². The number of fused-ring (bicyclic) bond motifs is 1. The van der Waals surface area contributed by atoms with E-state index in [9.17, 15) is 14.7 Å². The third kappa shape index (κ3) is 2.86. The fourth-order valence-corrected chi connectivity index (χ4v) is 1.67. The number of primary amides is 1. The summed E-state index contributed by atoms with van der Waals surface area (Å²) in [5.74, 6) is -1.29. The molecule has 1 aromatic heterocycles. The number of para-hydroxylation sites is 1. The fourth-order valence-electron chi connectivity index (χ4n) is 1.67. The van der Waals surface area contributed by atoms with Gasteiger partial charge in [0.15, 0.2) is 0 Å². The summed E-state index contributed by atoms with van der Waals surface area (Å²) >= 11 is 0. The number of amides is 2. The van der Waals surface area contributed by atoms with Crippen LogP contribution in [0.4, 0.5) is 0 Å². The molecule has 1 aromatic carbocycles. The van der Waals surface area contributed by atoms with Crippen LogP contribution in [-0.4, -0.2) is 34.6 Å². The van der Waals surface area contributed by atoms with E-state index in [1.807, 2.05) is 12.1 Å². The molecule has 2 aromatic rings. The lowest BCUT2D eigenvalue weighted by atomic mass is 10.1. The van der Waals surface area contributed by atoms with Gasteiger partial charge >= 0.3 is 0 Å². The maximum absolute atomic E-state index is 12.0. The second kappa shape index (κ2) is 5.45. The lowest BCUT2D eigenvalue weighted by molar-refractivity contribution is -0.125. The van der Waals surface area contributed by atoms with Crippen LogP contribution in [0.25, 0.3) is 10.9 Å². The predicted octanol–water partition coefficient (Wildman–Crippen LogP) is -0.189. The highest BCUT2D eigenvalue weighted by Crippen LogP contribution is 2.15. The molecule has 0 saturated carbocycles. The van der Waals surface area contributed by atoms with Gasteiger partial charge in [-0.15, -0.1) is 0 Å². The molecule has 1 unspecified atom stereocenters. The van der Waals surface area contributed by atoms with Crippen molar-refractivity contribution < 1.29 is 14.7 Å². The van der Waals surface area contributed by atoms with Crippen molar-refractivity contribution in [1.29, 1.82) is 0 Å². The molecule has 0 radical (unpaired) electrons. The van der Waals surface area contributed by atoms with Gasteiger partial charge in [0.2, 0.25) is 5.91 Å². The van der Waals surface area contributed by atoms with Gasteiger partial charge in [-0.1, -0.05) is 18.2 Å². The minimum absolute atomic E-state index is 0.225. The number of carbonyl (C=O) groups is 2. The van der Waals surface area contributed by atoms with Gasteiger partial charge in [-0.25, -0.2) is 0 Å². The molecule has 0 saturated heterocycles. The molecular weight excluding hydrogens is 246 g/mol. The van der Waals surface area contributed by atoms with Crippen molar-refractivity contribution in [3.8, 4) is 0 Å². The number of nitrogens with two attached hydrogens (primary N) is 1. The average molecular weight is 259 g/mol. The van der Waals surface area contributed by atoms with Crippen LogP contribution in [0.3, 0.4) is 0 Å². The van der Waals surface area contributed by atoms with Crippen molar-refractivity contribution in [2.75, 3.05) is 6.54 Å². The van der Waals surface area contributed by atoms with Crippen molar-refractivity contribution >= 4 is 22.7 Å². The normalized spacial score (nSPS) is 12.1. The van der Waals surface area contributed by atoms with E-state index in [0.29, 0.717) is 11.1 Å². The topological polar surface area (TPSA) is 105 Å². The molecule has 4 N–H and O–H groups in total. The second-order valence-corrected chi connectivity index (χ2v) is 4.01. The number of nitrogens with zero attached hydrogens (tertiary/aromatic N) is 1. The number of carbonyl (C=O) groups excluding carboxylic acids is 2. The molecule has 6 nitrogen and oxygen atoms in total. The first-order chi connectivity index (χ1) is 9.09. The summed E-state index contributed by atoms with van der Waals surface area (Å²) in [6, 6.07) is 8.83. The summed E-state index contributed by atoms with van der Waals surface area (Å²) < 4.78 is 0. The van der Waals surface area contributed by atoms with E-state index in [0.717, 1.165) is 5.39 Å². The Hall–Kier alpha value is -2.47. The van der Waals surface area contributed by atoms with E-state index in [1.165, 1.54) is 0 Å². The Morgan fingerprint density at radius 1 is 1.32 bits per heavy atom. The maximum atomic E-state index is 12.0. The molecule has 98 valence electrons. The van der Waals surface area contributed by atoms with Crippen LogP contribution >= 0.6 is 0 Å². The Bertz CT molecular complexity index is 622. The van der Waals surface area contributed by atoms with Gasteiger partial charge in [-0.3, -0.25) is 14.6 Å². The highest BCUT2D eigenvalue weighted by atomic mass is 16.3. The summed E-state index contributed by atoms with van der Waals surface area (Å²) in [6.07, 6.45) is 0.198. The number of hydrogen-bond donors (Lipinski definition) is 3. The number of aromatic nitrogens is 1. The number of nitrogens with one attached hydrogen (secondary N) is 1. The smallest absolute Gasteiger partial charge is 0.253 e. The van der Waals surface area contributed by atoms with Gasteiger partial charge in [0, 0.05) is 11.6 Å². The highest BCUT2D eigenvalue weighted by molar-refractivity contribution is 6.05. The minimum Gasteiger partial charge on any atom is -0.381 e. The molecule has 19 heavy (non-hydrogen) atoms. The lowest BCUT2D eigenvalue weighted by Gasteiger charge is -2.09. The van der Waals surface area contributed by atoms with Gasteiger partial charge < -0.3 is 16.2 Å². The van der Waals surface area contributed by atoms with E-state index in [2.05, 4.69) is 10.3 Å². The van der Waals surface area contributed by atoms with Crippen LogP contribution in [0, 0.1) is 0 Å². The molecule has 1 heterocycles. The maximum Gasteiger partial charge on any atom is 0.253 e. The van der Waals surface area contributed by atoms with E-state index in [-0.39, 0.29) is 6.54 Å². The van der Waals surface area contributed by atoms with Gasteiger partial charge in [0.05, 0.1) is 17.6 Å². The second-order valence-electron chi connectivity index (χ2n) is 4.01. The summed E-state index contributed by atoms with van der Waals surface area (Å²) in [5, 5.41) is 12.5. The molecule has 0 spiro atoms. The van der Waals surface area contributed by atoms with Crippen LogP contribution in [-0.2, 0) is 4.79 Å². The Morgan fingerprint density at radius 3 is 2.79 bits per heavy atom. The number of hydrogen-bond acceptors (Lipinski definition) is 4. The molecule has 1 atom stereocenters. The molecule has 0 aliphatic carbocycles. The molecule has 0 aliphatic heterocycles. The van der Waals surface area contributed by atoms with Crippen molar-refractivity contribution in [2.45, 2.75) is 6.10 Å². The zero-order chi connectivity index (χ0) is 13.8. The SMILES string of the molecule is NC(=O)C(O)CNC(=O)c1cccc2cccnc12. The Kier molecular flexibility index (Phi) is 3.72. The van der Waals surface area contributed by atoms with Gasteiger partial charge in [-0.2, -0.15) is 0 Å². The van der Waals surface area contributed by atoms with Crippen molar-refractivity contribution in [2.24, 2.45) is 5.73 Å². The van der Waals surface area contributed by atoms with Crippen molar-refractivity contribution in [3.05, 3.63) is 42.1 Å². The molecule has 2 amide bonds. The van der Waals surface area contributed by atoms with E-state index >= 15 is 0 Å². The fraction of sp³-hybridized carbons (Fsp3) is 0.154. The Balaban J connectivity index is 2.20. The van der Waals surface area contributed by atoms with Crippen LogP contribution in [0.1, 0.15) is 10.4 Å². The predicted molar refractivity (Wildman–Crippen MR) is 69.3 cm³/mol. The standard InChI is InChI=1S/C13H13N3O3/c14-12(18)10(17)7-16-13(19)9-5-1-3-8-4-2-6-15-11(8)9/h1-6,10,17H,7H2,(H2,14,18)(H,16,19). The van der Waals surface area contributed by atoms with Crippen LogP contribution in [0.2, 0.25) is 0 Å². The third-order valence-electron chi connectivity index (χ3n) is 2.66. The quantitative estimate of drug-likeness (QED) is 0.707. The number of rotatable bonds is 4. The van der Waals surface area contributed by atoms with Gasteiger partial charge in [-0.05, 0) is 12.1 Å². The first-order valence-electron chi connectivity index (χ1n) is 5.69. The molecule has 0 fully saturated rings. The van der Waals surface area contributed by atoms with Crippen LogP contribution < -0.4 is 11.1 Å². The zero-order valence-corrected chi connectivity index (χ0v) is 10.0. The Morgan fingerprint density at radius 2 is 2.05 bits per heavy atom. The zero-order valence-electron chi connectivity index (χ0n) is 10.0. The number of aliphatic hydroxyl groups is 1. The van der Waals surface area contributed by atoms with Crippen molar-refractivity contribution in [3.63, 3.8) is 0 Å². The molecular formula is C13H13N3O3. The largest absolute Gasteiger partial charge is 0.381 e. The monoisotopic (exact) mass is 259 g/mol. The molecule has 0 bridgehead atoms. The van der Waals surface area contributed by atoms with E-state index in [1.54, 1.807) is 24.4 Å². The Labute approximate surface area is 109 Å². The minimum atomic E-state index is -1.40. The van der Waals surface area contributed by atoms with E-state index < -0.39 is 17.9 Å². The molecule has 0 aliphatic rings. The number of aliphatic hydroxyl groups excluding tert-OH is 1. The molecule has 6 heteroatoms. The van der Waals surface area contributed by atoms with Crippen LogP contribution in [0.5, 0.6) is 0 Å². The summed E-state index contributed by atoms with van der Waals surface area (Å²) in [6.45, 7) is -0.225. The number of pyridine rings is 1. The van der Waals surface area contributed by atoms with Crippen LogP contribution in [0.15, 0.2) is 36.5 Å². The summed E-state index contributed by atoms with van der Waals surface area (Å²) in [7, 11) is 0. The average Bonchev–Trinajstić information content (AvgIpc) is 2.43. The summed E-state index contributed by atoms with van der Waals surface area (Å²) in [5.41, 5.74) is 5.85. The molecule has 2 rings (SSSR count). The first kappa shape index (κ1) is 13.0. The van der Waals surface area contributed by atoms with E-state index in [4.69, 9.17) is 5.73 Å². The highest BCUT2D eigenvalue weighted by Gasteiger charge is 2.15. The summed E-state index contributed by atoms with van der Waals surface area (Å²) in [4.78, 5) is 26.8.